The normalized spacial score (nSPS) is 15.2. The number of hydrogen-bond donors (Lipinski definition) is 2. The van der Waals surface area contributed by atoms with Crippen LogP contribution in [0.15, 0.2) is 12.1 Å². The lowest BCUT2D eigenvalue weighted by Gasteiger charge is -2.22. The molecule has 1 atom stereocenters. The van der Waals surface area contributed by atoms with E-state index in [1.807, 2.05) is 23.9 Å². The van der Waals surface area contributed by atoms with E-state index in [2.05, 4.69) is 18.5 Å². The Kier molecular flexibility index (Phi) is 4.47. The highest BCUT2D eigenvalue weighted by Crippen LogP contribution is 2.37. The van der Waals surface area contributed by atoms with Gasteiger partial charge in [0.05, 0.1) is 11.4 Å². The zero-order chi connectivity index (χ0) is 13.0. The van der Waals surface area contributed by atoms with E-state index < -0.39 is 0 Å². The molecular weight excluding hydrogens is 248 g/mol. The summed E-state index contributed by atoms with van der Waals surface area (Å²) in [6.07, 6.45) is 3.22. The Balaban J connectivity index is 2.08. The second-order valence-electron chi connectivity index (χ2n) is 4.41. The van der Waals surface area contributed by atoms with E-state index in [1.54, 1.807) is 0 Å². The maximum atomic E-state index is 6.02. The lowest BCUT2D eigenvalue weighted by Crippen LogP contribution is -2.19. The van der Waals surface area contributed by atoms with Crippen molar-refractivity contribution in [2.24, 2.45) is 0 Å². The molecule has 1 aliphatic rings. The van der Waals surface area contributed by atoms with Gasteiger partial charge in [0.25, 0.3) is 0 Å². The fourth-order valence-corrected chi connectivity index (χ4v) is 2.45. The molecule has 0 radical (unpaired) electrons. The molecule has 0 fully saturated rings. The lowest BCUT2D eigenvalue weighted by molar-refractivity contribution is 0.172. The molecule has 0 spiro atoms. The molecule has 5 heteroatoms. The molecule has 0 aliphatic carbocycles. The summed E-state index contributed by atoms with van der Waals surface area (Å²) in [4.78, 5) is 0. The second-order valence-corrected chi connectivity index (χ2v) is 5.40. The van der Waals surface area contributed by atoms with E-state index in [4.69, 9.17) is 15.2 Å². The first-order valence-corrected chi connectivity index (χ1v) is 7.54. The van der Waals surface area contributed by atoms with E-state index in [0.29, 0.717) is 24.9 Å². The van der Waals surface area contributed by atoms with Gasteiger partial charge in [-0.3, -0.25) is 0 Å². The SMILES string of the molecule is CSCCC(C)Nc1cc2c(cc1N)OCCO2. The Morgan fingerprint density at radius 3 is 2.67 bits per heavy atom. The maximum absolute atomic E-state index is 6.02. The Morgan fingerprint density at radius 1 is 1.33 bits per heavy atom. The van der Waals surface area contributed by atoms with Crippen LogP contribution in [-0.4, -0.2) is 31.3 Å². The standard InChI is InChI=1S/C13H20N2O2S/c1-9(3-6-18-2)15-11-8-13-12(7-10(11)14)16-4-5-17-13/h7-9,15H,3-6,14H2,1-2H3. The summed E-state index contributed by atoms with van der Waals surface area (Å²) in [5, 5.41) is 3.42. The maximum Gasteiger partial charge on any atom is 0.163 e. The topological polar surface area (TPSA) is 56.5 Å². The van der Waals surface area contributed by atoms with Gasteiger partial charge in [0.2, 0.25) is 0 Å². The number of nitrogen functional groups attached to an aromatic ring is 1. The molecule has 2 rings (SSSR count). The number of benzene rings is 1. The monoisotopic (exact) mass is 268 g/mol. The third-order valence-corrected chi connectivity index (χ3v) is 3.52. The van der Waals surface area contributed by atoms with Gasteiger partial charge in [-0.15, -0.1) is 0 Å². The van der Waals surface area contributed by atoms with Crippen LogP contribution < -0.4 is 20.5 Å². The number of fused-ring (bicyclic) bond motifs is 1. The van der Waals surface area contributed by atoms with E-state index in [9.17, 15) is 0 Å². The highest BCUT2D eigenvalue weighted by molar-refractivity contribution is 7.98. The van der Waals surface area contributed by atoms with Crippen molar-refractivity contribution < 1.29 is 9.47 Å². The Morgan fingerprint density at radius 2 is 2.00 bits per heavy atom. The number of nitrogens with one attached hydrogen (secondary N) is 1. The minimum atomic E-state index is 0.391. The van der Waals surface area contributed by atoms with E-state index in [0.717, 1.165) is 29.4 Å². The van der Waals surface area contributed by atoms with Crippen molar-refractivity contribution in [1.82, 2.24) is 0 Å². The zero-order valence-corrected chi connectivity index (χ0v) is 11.7. The van der Waals surface area contributed by atoms with Crippen molar-refractivity contribution in [2.45, 2.75) is 19.4 Å². The van der Waals surface area contributed by atoms with Crippen LogP contribution >= 0.6 is 11.8 Å². The van der Waals surface area contributed by atoms with Gasteiger partial charge >= 0.3 is 0 Å². The first kappa shape index (κ1) is 13.2. The largest absolute Gasteiger partial charge is 0.486 e. The van der Waals surface area contributed by atoms with Crippen molar-refractivity contribution >= 4 is 23.1 Å². The van der Waals surface area contributed by atoms with Gasteiger partial charge in [-0.1, -0.05) is 0 Å². The fourth-order valence-electron chi connectivity index (χ4n) is 1.86. The van der Waals surface area contributed by atoms with Crippen molar-refractivity contribution in [2.75, 3.05) is 36.3 Å². The second kappa shape index (κ2) is 6.09. The van der Waals surface area contributed by atoms with Gasteiger partial charge in [-0.25, -0.2) is 0 Å². The first-order valence-electron chi connectivity index (χ1n) is 6.15. The van der Waals surface area contributed by atoms with Gasteiger partial charge in [0.15, 0.2) is 11.5 Å². The molecule has 4 nitrogen and oxygen atoms in total. The van der Waals surface area contributed by atoms with Crippen LogP contribution in [0.3, 0.4) is 0 Å². The molecule has 1 unspecified atom stereocenters. The number of anilines is 2. The molecule has 3 N–H and O–H groups in total. The van der Waals surface area contributed by atoms with Crippen LogP contribution in [0.4, 0.5) is 11.4 Å². The van der Waals surface area contributed by atoms with Crippen LogP contribution in [0.25, 0.3) is 0 Å². The van der Waals surface area contributed by atoms with Crippen LogP contribution in [0.2, 0.25) is 0 Å². The molecule has 1 aliphatic heterocycles. The molecule has 0 saturated heterocycles. The minimum absolute atomic E-state index is 0.391. The molecule has 1 heterocycles. The van der Waals surface area contributed by atoms with Gasteiger partial charge in [0.1, 0.15) is 13.2 Å². The average molecular weight is 268 g/mol. The molecular formula is C13H20N2O2S. The van der Waals surface area contributed by atoms with E-state index >= 15 is 0 Å². The van der Waals surface area contributed by atoms with Gasteiger partial charge in [0, 0.05) is 18.2 Å². The summed E-state index contributed by atoms with van der Waals surface area (Å²) in [7, 11) is 0. The number of thioether (sulfide) groups is 1. The van der Waals surface area contributed by atoms with Crippen LogP contribution in [0, 0.1) is 0 Å². The molecule has 0 saturated carbocycles. The molecule has 1 aromatic carbocycles. The van der Waals surface area contributed by atoms with Crippen LogP contribution in [0.1, 0.15) is 13.3 Å². The van der Waals surface area contributed by atoms with Crippen LogP contribution in [-0.2, 0) is 0 Å². The molecule has 0 amide bonds. The predicted octanol–water partition coefficient (Wildman–Crippen LogP) is 2.59. The van der Waals surface area contributed by atoms with E-state index in [-0.39, 0.29) is 0 Å². The summed E-state index contributed by atoms with van der Waals surface area (Å²) >= 11 is 1.85. The summed E-state index contributed by atoms with van der Waals surface area (Å²) in [6.45, 7) is 3.34. The number of ether oxygens (including phenoxy) is 2. The molecule has 0 bridgehead atoms. The van der Waals surface area contributed by atoms with Gasteiger partial charge < -0.3 is 20.5 Å². The Bertz CT molecular complexity index is 412. The predicted molar refractivity (Wildman–Crippen MR) is 77.9 cm³/mol. The Labute approximate surface area is 112 Å². The third-order valence-electron chi connectivity index (χ3n) is 2.87. The van der Waals surface area contributed by atoms with Crippen molar-refractivity contribution in [3.63, 3.8) is 0 Å². The fraction of sp³-hybridized carbons (Fsp3) is 0.538. The van der Waals surface area contributed by atoms with E-state index in [1.165, 1.54) is 0 Å². The molecule has 1 aromatic rings. The van der Waals surface area contributed by atoms with Crippen molar-refractivity contribution in [3.8, 4) is 11.5 Å². The number of nitrogens with two attached hydrogens (primary N) is 1. The molecule has 0 aromatic heterocycles. The van der Waals surface area contributed by atoms with Crippen LogP contribution in [0.5, 0.6) is 11.5 Å². The summed E-state index contributed by atoms with van der Waals surface area (Å²) in [5.74, 6) is 2.65. The molecule has 18 heavy (non-hydrogen) atoms. The van der Waals surface area contributed by atoms with Gasteiger partial charge in [-0.2, -0.15) is 11.8 Å². The molecule has 100 valence electrons. The summed E-state index contributed by atoms with van der Waals surface area (Å²) < 4.78 is 11.1. The first-order chi connectivity index (χ1) is 8.70. The van der Waals surface area contributed by atoms with Crippen molar-refractivity contribution in [1.29, 1.82) is 0 Å². The third kappa shape index (κ3) is 3.16. The smallest absolute Gasteiger partial charge is 0.163 e. The zero-order valence-electron chi connectivity index (χ0n) is 10.9. The average Bonchev–Trinajstić information content (AvgIpc) is 2.37. The van der Waals surface area contributed by atoms with Gasteiger partial charge in [-0.05, 0) is 25.4 Å². The van der Waals surface area contributed by atoms with Crippen molar-refractivity contribution in [3.05, 3.63) is 12.1 Å². The quantitative estimate of drug-likeness (QED) is 0.804. The number of rotatable bonds is 5. The Hall–Kier alpha value is -1.23. The lowest BCUT2D eigenvalue weighted by atomic mass is 10.2. The highest BCUT2D eigenvalue weighted by atomic mass is 32.2. The highest BCUT2D eigenvalue weighted by Gasteiger charge is 2.15. The summed E-state index contributed by atoms with van der Waals surface area (Å²) in [5.41, 5.74) is 7.65. The summed E-state index contributed by atoms with van der Waals surface area (Å²) in [6, 6.07) is 4.15. The minimum Gasteiger partial charge on any atom is -0.486 e. The number of hydrogen-bond acceptors (Lipinski definition) is 5.